The summed E-state index contributed by atoms with van der Waals surface area (Å²) in [6, 6.07) is 8.62. The molecule has 3 aliphatic rings. The number of nitrogens with zero attached hydrogens (tertiary/aromatic N) is 2. The van der Waals surface area contributed by atoms with Gasteiger partial charge in [0.05, 0.1) is 6.10 Å². The Bertz CT molecular complexity index is 736. The summed E-state index contributed by atoms with van der Waals surface area (Å²) in [7, 11) is 1.87. The molecular formula is C23H36ClIN4O. The summed E-state index contributed by atoms with van der Waals surface area (Å²) in [5, 5.41) is 8.15. The second-order valence-electron chi connectivity index (χ2n) is 9.45. The van der Waals surface area contributed by atoms with Crippen molar-refractivity contribution in [3.63, 3.8) is 0 Å². The molecule has 0 bridgehead atoms. The molecule has 5 nitrogen and oxygen atoms in total. The van der Waals surface area contributed by atoms with Crippen LogP contribution in [-0.2, 0) is 11.3 Å². The molecule has 1 aliphatic carbocycles. The van der Waals surface area contributed by atoms with Crippen LogP contribution in [0.25, 0.3) is 0 Å². The van der Waals surface area contributed by atoms with Crippen LogP contribution in [0.1, 0.15) is 38.7 Å². The number of ether oxygens (including phenoxy) is 1. The Kier molecular flexibility index (Phi) is 8.32. The first kappa shape index (κ1) is 24.1. The fourth-order valence-corrected chi connectivity index (χ4v) is 5.61. The Balaban J connectivity index is 0.00000256. The topological polar surface area (TPSA) is 48.9 Å². The molecule has 2 aliphatic heterocycles. The van der Waals surface area contributed by atoms with Gasteiger partial charge in [0.1, 0.15) is 0 Å². The molecule has 1 aromatic carbocycles. The van der Waals surface area contributed by atoms with Crippen LogP contribution >= 0.6 is 35.6 Å². The Morgan fingerprint density at radius 1 is 1.23 bits per heavy atom. The molecule has 3 unspecified atom stereocenters. The molecule has 0 aromatic heterocycles. The zero-order valence-corrected chi connectivity index (χ0v) is 21.5. The minimum atomic E-state index is 0. The molecule has 2 heterocycles. The fourth-order valence-electron chi connectivity index (χ4n) is 5.42. The number of likely N-dealkylation sites (tertiary alicyclic amines) is 1. The van der Waals surface area contributed by atoms with E-state index < -0.39 is 0 Å². The van der Waals surface area contributed by atoms with Gasteiger partial charge >= 0.3 is 0 Å². The lowest BCUT2D eigenvalue weighted by atomic mass is 9.57. The van der Waals surface area contributed by atoms with Crippen molar-refractivity contribution >= 4 is 41.5 Å². The second-order valence-corrected chi connectivity index (χ2v) is 9.86. The molecule has 2 saturated heterocycles. The predicted octanol–water partition coefficient (Wildman–Crippen LogP) is 4.15. The second kappa shape index (κ2) is 10.4. The van der Waals surface area contributed by atoms with Gasteiger partial charge in [0.2, 0.25) is 0 Å². The van der Waals surface area contributed by atoms with Crippen molar-refractivity contribution in [2.24, 2.45) is 22.2 Å². The molecule has 1 saturated carbocycles. The van der Waals surface area contributed by atoms with E-state index in [9.17, 15) is 0 Å². The molecule has 0 spiro atoms. The molecule has 2 N–H and O–H groups in total. The van der Waals surface area contributed by atoms with E-state index in [2.05, 4.69) is 46.5 Å². The average molecular weight is 547 g/mol. The van der Waals surface area contributed by atoms with Crippen LogP contribution in [-0.4, -0.2) is 56.3 Å². The summed E-state index contributed by atoms with van der Waals surface area (Å²) in [5.41, 5.74) is 1.40. The van der Waals surface area contributed by atoms with Gasteiger partial charge < -0.3 is 15.4 Å². The van der Waals surface area contributed by atoms with Crippen molar-refractivity contribution in [2.75, 3.05) is 33.3 Å². The summed E-state index contributed by atoms with van der Waals surface area (Å²) in [5.74, 6) is 2.25. The standard InChI is InChI=1S/C23H35ClN4O.HI/c1-23(2)20(18-10-13-29-21(18)23)27-22(25-3)26-14-16-8-11-28(12-9-16)15-17-6-4-5-7-19(17)24;/h4-7,16,18,20-21H,8-15H2,1-3H3,(H2,25,26,27);1H. The lowest BCUT2D eigenvalue weighted by molar-refractivity contribution is -0.106. The number of fused-ring (bicyclic) bond motifs is 1. The third kappa shape index (κ3) is 5.08. The number of aliphatic imine (C=N–C) groups is 1. The van der Waals surface area contributed by atoms with Gasteiger partial charge in [0.15, 0.2) is 5.96 Å². The Labute approximate surface area is 203 Å². The first-order valence-corrected chi connectivity index (χ1v) is 11.4. The van der Waals surface area contributed by atoms with E-state index in [0.29, 0.717) is 24.0 Å². The van der Waals surface area contributed by atoms with Gasteiger partial charge in [-0.05, 0) is 49.9 Å². The number of rotatable bonds is 5. The molecule has 1 aromatic rings. The minimum Gasteiger partial charge on any atom is -0.377 e. The number of hydrogen-bond acceptors (Lipinski definition) is 3. The molecule has 4 rings (SSSR count). The Morgan fingerprint density at radius 3 is 2.67 bits per heavy atom. The van der Waals surface area contributed by atoms with E-state index in [1.54, 1.807) is 0 Å². The number of halogens is 2. The minimum absolute atomic E-state index is 0. The number of guanidine groups is 1. The largest absolute Gasteiger partial charge is 0.377 e. The molecule has 30 heavy (non-hydrogen) atoms. The van der Waals surface area contributed by atoms with E-state index >= 15 is 0 Å². The quantitative estimate of drug-likeness (QED) is 0.331. The van der Waals surface area contributed by atoms with Crippen molar-refractivity contribution in [1.82, 2.24) is 15.5 Å². The summed E-state index contributed by atoms with van der Waals surface area (Å²) in [4.78, 5) is 7.00. The van der Waals surface area contributed by atoms with Crippen LogP contribution in [0.15, 0.2) is 29.3 Å². The number of piperidine rings is 1. The maximum absolute atomic E-state index is 6.32. The van der Waals surface area contributed by atoms with E-state index in [0.717, 1.165) is 50.2 Å². The maximum atomic E-state index is 6.32. The normalized spacial score (nSPS) is 28.9. The van der Waals surface area contributed by atoms with Gasteiger partial charge in [-0.1, -0.05) is 43.6 Å². The maximum Gasteiger partial charge on any atom is 0.191 e. The highest BCUT2D eigenvalue weighted by Crippen LogP contribution is 2.52. The number of nitrogens with one attached hydrogen (secondary N) is 2. The van der Waals surface area contributed by atoms with E-state index in [4.69, 9.17) is 16.3 Å². The molecule has 3 atom stereocenters. The molecular weight excluding hydrogens is 511 g/mol. The molecule has 168 valence electrons. The third-order valence-corrected chi connectivity index (χ3v) is 7.60. The van der Waals surface area contributed by atoms with Crippen molar-refractivity contribution < 1.29 is 4.74 Å². The first-order valence-electron chi connectivity index (χ1n) is 11.0. The summed E-state index contributed by atoms with van der Waals surface area (Å²) in [6.45, 7) is 9.69. The van der Waals surface area contributed by atoms with Crippen LogP contribution < -0.4 is 10.6 Å². The molecule has 3 fully saturated rings. The molecule has 7 heteroatoms. The SMILES string of the molecule is CN=C(NCC1CCN(Cc2ccccc2Cl)CC1)NC1C2CCOC2C1(C)C.I. The number of benzene rings is 1. The van der Waals surface area contributed by atoms with Gasteiger partial charge in [0, 0.05) is 49.1 Å². The van der Waals surface area contributed by atoms with E-state index in [1.165, 1.54) is 18.4 Å². The number of hydrogen-bond donors (Lipinski definition) is 2. The van der Waals surface area contributed by atoms with Gasteiger partial charge in [-0.15, -0.1) is 24.0 Å². The Hall–Kier alpha value is -0.570. The van der Waals surface area contributed by atoms with Crippen LogP contribution in [0, 0.1) is 17.3 Å². The highest BCUT2D eigenvalue weighted by atomic mass is 127. The highest BCUT2D eigenvalue weighted by Gasteiger charge is 2.59. The van der Waals surface area contributed by atoms with Crippen LogP contribution in [0.5, 0.6) is 0 Å². The summed E-state index contributed by atoms with van der Waals surface area (Å²) < 4.78 is 5.91. The average Bonchev–Trinajstić information content (AvgIpc) is 3.18. The summed E-state index contributed by atoms with van der Waals surface area (Å²) in [6.07, 6.45) is 3.98. The monoisotopic (exact) mass is 546 g/mol. The molecule has 0 radical (unpaired) electrons. The first-order chi connectivity index (χ1) is 14.0. The van der Waals surface area contributed by atoms with Crippen LogP contribution in [0.4, 0.5) is 0 Å². The third-order valence-electron chi connectivity index (χ3n) is 7.23. The fraction of sp³-hybridized carbons (Fsp3) is 0.696. The van der Waals surface area contributed by atoms with E-state index in [1.807, 2.05) is 19.2 Å². The van der Waals surface area contributed by atoms with E-state index in [-0.39, 0.29) is 29.4 Å². The lowest BCUT2D eigenvalue weighted by Crippen LogP contribution is -2.68. The predicted molar refractivity (Wildman–Crippen MR) is 135 cm³/mol. The van der Waals surface area contributed by atoms with Gasteiger partial charge in [-0.2, -0.15) is 0 Å². The zero-order chi connectivity index (χ0) is 20.4. The summed E-state index contributed by atoms with van der Waals surface area (Å²) >= 11 is 6.32. The van der Waals surface area contributed by atoms with Gasteiger partial charge in [0.25, 0.3) is 0 Å². The molecule has 0 amide bonds. The van der Waals surface area contributed by atoms with Crippen molar-refractivity contribution in [3.8, 4) is 0 Å². The Morgan fingerprint density at radius 2 is 1.97 bits per heavy atom. The smallest absolute Gasteiger partial charge is 0.191 e. The highest BCUT2D eigenvalue weighted by molar-refractivity contribution is 14.0. The lowest BCUT2D eigenvalue weighted by Gasteiger charge is -2.55. The van der Waals surface area contributed by atoms with Crippen LogP contribution in [0.2, 0.25) is 5.02 Å². The van der Waals surface area contributed by atoms with Crippen molar-refractivity contribution in [2.45, 2.75) is 51.8 Å². The van der Waals surface area contributed by atoms with Crippen molar-refractivity contribution in [1.29, 1.82) is 0 Å². The van der Waals surface area contributed by atoms with Gasteiger partial charge in [-0.3, -0.25) is 9.89 Å². The van der Waals surface area contributed by atoms with Crippen molar-refractivity contribution in [3.05, 3.63) is 34.9 Å². The van der Waals surface area contributed by atoms with Gasteiger partial charge in [-0.25, -0.2) is 0 Å². The van der Waals surface area contributed by atoms with Crippen LogP contribution in [0.3, 0.4) is 0 Å². The zero-order valence-electron chi connectivity index (χ0n) is 18.4.